The van der Waals surface area contributed by atoms with Crippen LogP contribution in [0.2, 0.25) is 0 Å². The molecule has 3 rings (SSSR count). The summed E-state index contributed by atoms with van der Waals surface area (Å²) in [5.74, 6) is 0.626. The number of sulfonamides is 1. The second kappa shape index (κ2) is 8.82. The molecule has 5 nitrogen and oxygen atoms in total. The number of nitrogens with one attached hydrogen (secondary N) is 1. The molecule has 1 N–H and O–H groups in total. The van der Waals surface area contributed by atoms with E-state index in [9.17, 15) is 8.42 Å². The summed E-state index contributed by atoms with van der Waals surface area (Å²) in [5.41, 5.74) is 1.13. The van der Waals surface area contributed by atoms with Gasteiger partial charge in [-0.05, 0) is 69.9 Å². The molecule has 25 heavy (non-hydrogen) atoms. The van der Waals surface area contributed by atoms with Gasteiger partial charge in [-0.3, -0.25) is 0 Å². The van der Waals surface area contributed by atoms with Crippen molar-refractivity contribution in [2.75, 3.05) is 33.7 Å². The minimum absolute atomic E-state index is 0. The quantitative estimate of drug-likeness (QED) is 0.842. The topological polar surface area (TPSA) is 52.7 Å². The predicted molar refractivity (Wildman–Crippen MR) is 104 cm³/mol. The van der Waals surface area contributed by atoms with Gasteiger partial charge in [-0.1, -0.05) is 12.1 Å². The number of hydrogen-bond donors (Lipinski definition) is 1. The van der Waals surface area contributed by atoms with Crippen LogP contribution in [0.15, 0.2) is 29.2 Å². The molecule has 0 aromatic heterocycles. The van der Waals surface area contributed by atoms with Crippen LogP contribution in [0.3, 0.4) is 0 Å². The molecule has 0 amide bonds. The van der Waals surface area contributed by atoms with Crippen LogP contribution in [-0.2, 0) is 16.6 Å². The van der Waals surface area contributed by atoms with E-state index >= 15 is 0 Å². The fourth-order valence-electron chi connectivity index (χ4n) is 3.91. The van der Waals surface area contributed by atoms with Gasteiger partial charge >= 0.3 is 0 Å². The highest BCUT2D eigenvalue weighted by molar-refractivity contribution is 7.89. The second-order valence-corrected chi connectivity index (χ2v) is 9.26. The maximum Gasteiger partial charge on any atom is 0.243 e. The molecule has 1 atom stereocenters. The average molecular weight is 388 g/mol. The van der Waals surface area contributed by atoms with Crippen molar-refractivity contribution < 1.29 is 8.42 Å². The molecular weight excluding hydrogens is 358 g/mol. The van der Waals surface area contributed by atoms with Gasteiger partial charge in [0.2, 0.25) is 10.0 Å². The maximum absolute atomic E-state index is 12.8. The molecule has 0 radical (unpaired) electrons. The number of benzene rings is 1. The summed E-state index contributed by atoms with van der Waals surface area (Å²) in [6.45, 7) is 3.22. The number of nitrogens with zero attached hydrogens (tertiary/aromatic N) is 2. The van der Waals surface area contributed by atoms with Gasteiger partial charge in [0.1, 0.15) is 0 Å². The molecule has 0 aliphatic carbocycles. The van der Waals surface area contributed by atoms with Crippen LogP contribution < -0.4 is 5.32 Å². The van der Waals surface area contributed by atoms with Crippen LogP contribution in [0.25, 0.3) is 0 Å². The van der Waals surface area contributed by atoms with Crippen LogP contribution in [0, 0.1) is 5.92 Å². The van der Waals surface area contributed by atoms with Crippen molar-refractivity contribution >= 4 is 22.4 Å². The standard InChI is InChI=1S/C18H29N3O2S.ClH/c1-20(2)14-15-5-7-17(8-6-15)24(22,23)21-12-9-16(10-13-21)18-4-3-11-19-18;/h5-8,16,18-19H,3-4,9-14H2,1-2H3;1H. The van der Waals surface area contributed by atoms with Gasteiger partial charge in [-0.2, -0.15) is 4.31 Å². The van der Waals surface area contributed by atoms with E-state index in [0.717, 1.165) is 31.5 Å². The van der Waals surface area contributed by atoms with Crippen LogP contribution >= 0.6 is 12.4 Å². The van der Waals surface area contributed by atoms with E-state index in [0.29, 0.717) is 29.9 Å². The van der Waals surface area contributed by atoms with Crippen molar-refractivity contribution in [2.45, 2.75) is 43.2 Å². The molecular formula is C18H30ClN3O2S. The largest absolute Gasteiger partial charge is 0.314 e. The van der Waals surface area contributed by atoms with Crippen molar-refractivity contribution in [2.24, 2.45) is 5.92 Å². The van der Waals surface area contributed by atoms with E-state index in [1.807, 2.05) is 26.2 Å². The zero-order valence-electron chi connectivity index (χ0n) is 15.1. The highest BCUT2D eigenvalue weighted by Crippen LogP contribution is 2.28. The first-order valence-corrected chi connectivity index (χ1v) is 10.4. The number of hydrogen-bond acceptors (Lipinski definition) is 4. The van der Waals surface area contributed by atoms with Crippen molar-refractivity contribution in [1.82, 2.24) is 14.5 Å². The van der Waals surface area contributed by atoms with Gasteiger partial charge in [0.15, 0.2) is 0 Å². The van der Waals surface area contributed by atoms with Gasteiger partial charge < -0.3 is 10.2 Å². The molecule has 1 aromatic rings. The summed E-state index contributed by atoms with van der Waals surface area (Å²) in [7, 11) is 0.661. The summed E-state index contributed by atoms with van der Waals surface area (Å²) in [6.07, 6.45) is 4.43. The highest BCUT2D eigenvalue weighted by atomic mass is 35.5. The Morgan fingerprint density at radius 2 is 1.76 bits per heavy atom. The second-order valence-electron chi connectivity index (χ2n) is 7.33. The first-order chi connectivity index (χ1) is 11.5. The Morgan fingerprint density at radius 1 is 1.12 bits per heavy atom. The lowest BCUT2D eigenvalue weighted by Gasteiger charge is -2.34. The van der Waals surface area contributed by atoms with E-state index in [2.05, 4.69) is 10.2 Å². The monoisotopic (exact) mass is 387 g/mol. The zero-order chi connectivity index (χ0) is 17.2. The molecule has 2 aliphatic rings. The van der Waals surface area contributed by atoms with Gasteiger partial charge in [-0.25, -0.2) is 8.42 Å². The Bertz CT molecular complexity index is 635. The minimum Gasteiger partial charge on any atom is -0.314 e. The Morgan fingerprint density at radius 3 is 2.28 bits per heavy atom. The lowest BCUT2D eigenvalue weighted by Crippen LogP contribution is -2.43. The normalized spacial score (nSPS) is 22.9. The molecule has 1 unspecified atom stereocenters. The fraction of sp³-hybridized carbons (Fsp3) is 0.667. The van der Waals surface area contributed by atoms with E-state index in [1.165, 1.54) is 12.8 Å². The number of rotatable bonds is 5. The highest BCUT2D eigenvalue weighted by Gasteiger charge is 2.33. The van der Waals surface area contributed by atoms with E-state index in [4.69, 9.17) is 0 Å². The van der Waals surface area contributed by atoms with Gasteiger partial charge in [0.05, 0.1) is 4.90 Å². The first-order valence-electron chi connectivity index (χ1n) is 8.94. The predicted octanol–water partition coefficient (Wildman–Crippen LogP) is 2.32. The molecule has 0 bridgehead atoms. The van der Waals surface area contributed by atoms with Crippen LogP contribution in [0.4, 0.5) is 0 Å². The van der Waals surface area contributed by atoms with E-state index in [-0.39, 0.29) is 12.4 Å². The molecule has 142 valence electrons. The molecule has 2 heterocycles. The van der Waals surface area contributed by atoms with Crippen LogP contribution in [-0.4, -0.2) is 57.4 Å². The summed E-state index contributed by atoms with van der Waals surface area (Å²) in [6, 6.07) is 7.93. The number of halogens is 1. The van der Waals surface area contributed by atoms with Crippen molar-refractivity contribution in [3.05, 3.63) is 29.8 Å². The molecule has 0 saturated carbocycles. The van der Waals surface area contributed by atoms with Gasteiger partial charge in [0, 0.05) is 25.7 Å². The third-order valence-corrected chi connectivity index (χ3v) is 7.14. The summed E-state index contributed by atoms with van der Waals surface area (Å²) < 4.78 is 27.4. The lowest BCUT2D eigenvalue weighted by molar-refractivity contribution is 0.234. The summed E-state index contributed by atoms with van der Waals surface area (Å²) in [4.78, 5) is 2.49. The first kappa shape index (κ1) is 20.6. The molecule has 2 saturated heterocycles. The minimum atomic E-state index is -3.35. The lowest BCUT2D eigenvalue weighted by atomic mass is 9.89. The van der Waals surface area contributed by atoms with Crippen molar-refractivity contribution in [3.8, 4) is 0 Å². The van der Waals surface area contributed by atoms with Crippen molar-refractivity contribution in [3.63, 3.8) is 0 Å². The van der Waals surface area contributed by atoms with Gasteiger partial charge in [-0.15, -0.1) is 12.4 Å². The molecule has 2 fully saturated rings. The Hall–Kier alpha value is -0.660. The third kappa shape index (κ3) is 4.95. The summed E-state index contributed by atoms with van der Waals surface area (Å²) >= 11 is 0. The fourth-order valence-corrected chi connectivity index (χ4v) is 5.38. The van der Waals surface area contributed by atoms with Crippen LogP contribution in [0.5, 0.6) is 0 Å². The molecule has 0 spiro atoms. The Labute approximate surface area is 158 Å². The Balaban J connectivity index is 0.00000225. The molecule has 2 aliphatic heterocycles. The maximum atomic E-state index is 12.8. The molecule has 7 heteroatoms. The number of piperidine rings is 1. The SMILES string of the molecule is CN(C)Cc1ccc(S(=O)(=O)N2CCC(C3CCCN3)CC2)cc1.Cl. The third-order valence-electron chi connectivity index (χ3n) is 5.23. The smallest absolute Gasteiger partial charge is 0.243 e. The zero-order valence-corrected chi connectivity index (χ0v) is 16.8. The average Bonchev–Trinajstić information content (AvgIpc) is 3.09. The van der Waals surface area contributed by atoms with E-state index < -0.39 is 10.0 Å². The van der Waals surface area contributed by atoms with Gasteiger partial charge in [0.25, 0.3) is 0 Å². The molecule has 1 aromatic carbocycles. The summed E-state index contributed by atoms with van der Waals surface area (Å²) in [5, 5.41) is 3.56. The van der Waals surface area contributed by atoms with Crippen molar-refractivity contribution in [1.29, 1.82) is 0 Å². The van der Waals surface area contributed by atoms with Crippen LogP contribution in [0.1, 0.15) is 31.2 Å². The Kier molecular flexibility index (Phi) is 7.29. The van der Waals surface area contributed by atoms with E-state index in [1.54, 1.807) is 16.4 Å².